The molecule has 2 rings (SSSR count). The van der Waals surface area contributed by atoms with Crippen LogP contribution >= 0.6 is 0 Å². The minimum absolute atomic E-state index is 0.0642. The van der Waals surface area contributed by atoms with E-state index in [4.69, 9.17) is 9.47 Å². The molecule has 0 saturated carbocycles. The van der Waals surface area contributed by atoms with Crippen molar-refractivity contribution in [2.24, 2.45) is 0 Å². The Morgan fingerprint density at radius 2 is 1.90 bits per heavy atom. The van der Waals surface area contributed by atoms with Gasteiger partial charge in [-0.3, -0.25) is 9.48 Å². The summed E-state index contributed by atoms with van der Waals surface area (Å²) in [5.74, 6) is -0.677. The lowest BCUT2D eigenvalue weighted by molar-refractivity contribution is 0.101. The predicted molar refractivity (Wildman–Crippen MR) is 75.5 cm³/mol. The van der Waals surface area contributed by atoms with E-state index in [9.17, 15) is 9.18 Å². The second-order valence-electron chi connectivity index (χ2n) is 4.75. The number of halogens is 1. The standard InChI is InChI=1S/C15H17FN2O3/c1-9(2)18-14(12(21-4)8-17-18)15(19)13-10(16)6-5-7-11(13)20-3/h5-9H,1-4H3. The summed E-state index contributed by atoms with van der Waals surface area (Å²) < 4.78 is 25.8. The van der Waals surface area contributed by atoms with Crippen molar-refractivity contribution in [3.63, 3.8) is 0 Å². The van der Waals surface area contributed by atoms with Gasteiger partial charge in [-0.15, -0.1) is 0 Å². The van der Waals surface area contributed by atoms with Crippen molar-refractivity contribution in [2.75, 3.05) is 14.2 Å². The molecule has 1 aromatic heterocycles. The van der Waals surface area contributed by atoms with Gasteiger partial charge in [-0.25, -0.2) is 4.39 Å². The maximum atomic E-state index is 14.1. The van der Waals surface area contributed by atoms with Gasteiger partial charge in [0.05, 0.1) is 20.4 Å². The molecule has 0 saturated heterocycles. The van der Waals surface area contributed by atoms with Gasteiger partial charge in [0.25, 0.3) is 0 Å². The molecular weight excluding hydrogens is 275 g/mol. The molecule has 0 aliphatic rings. The van der Waals surface area contributed by atoms with Gasteiger partial charge in [0.2, 0.25) is 5.78 Å². The highest BCUT2D eigenvalue weighted by Crippen LogP contribution is 2.29. The molecule has 0 amide bonds. The number of ketones is 1. The first-order valence-electron chi connectivity index (χ1n) is 6.50. The summed E-state index contributed by atoms with van der Waals surface area (Å²) >= 11 is 0. The fraction of sp³-hybridized carbons (Fsp3) is 0.333. The SMILES string of the molecule is COc1cccc(F)c1C(=O)c1c(OC)cnn1C(C)C. The summed E-state index contributed by atoms with van der Waals surface area (Å²) in [5.41, 5.74) is 0.0802. The zero-order valence-corrected chi connectivity index (χ0v) is 12.4. The number of hydrogen-bond donors (Lipinski definition) is 0. The third kappa shape index (κ3) is 2.61. The molecule has 0 fully saturated rings. The number of nitrogens with zero attached hydrogens (tertiary/aromatic N) is 2. The number of rotatable bonds is 5. The highest BCUT2D eigenvalue weighted by Gasteiger charge is 2.27. The van der Waals surface area contributed by atoms with Crippen LogP contribution in [0.3, 0.4) is 0 Å². The van der Waals surface area contributed by atoms with Gasteiger partial charge in [0.1, 0.15) is 17.1 Å². The van der Waals surface area contributed by atoms with E-state index < -0.39 is 11.6 Å². The first-order chi connectivity index (χ1) is 10.0. The highest BCUT2D eigenvalue weighted by atomic mass is 19.1. The van der Waals surface area contributed by atoms with Crippen LogP contribution in [0.25, 0.3) is 0 Å². The number of ether oxygens (including phenoxy) is 2. The van der Waals surface area contributed by atoms with Crippen molar-refractivity contribution in [1.29, 1.82) is 0 Å². The lowest BCUT2D eigenvalue weighted by Crippen LogP contribution is -2.16. The van der Waals surface area contributed by atoms with Crippen LogP contribution in [0.1, 0.15) is 35.9 Å². The molecule has 1 heterocycles. The number of aromatic nitrogens is 2. The smallest absolute Gasteiger partial charge is 0.221 e. The fourth-order valence-electron chi connectivity index (χ4n) is 2.12. The molecule has 5 nitrogen and oxygen atoms in total. The molecule has 0 bridgehead atoms. The van der Waals surface area contributed by atoms with Gasteiger partial charge in [0.15, 0.2) is 11.4 Å². The van der Waals surface area contributed by atoms with E-state index in [0.29, 0.717) is 5.75 Å². The highest BCUT2D eigenvalue weighted by molar-refractivity contribution is 6.11. The van der Waals surface area contributed by atoms with Crippen molar-refractivity contribution < 1.29 is 18.7 Å². The molecule has 21 heavy (non-hydrogen) atoms. The largest absolute Gasteiger partial charge is 0.496 e. The third-order valence-corrected chi connectivity index (χ3v) is 3.11. The first-order valence-corrected chi connectivity index (χ1v) is 6.50. The van der Waals surface area contributed by atoms with Crippen LogP contribution in [-0.2, 0) is 0 Å². The topological polar surface area (TPSA) is 53.4 Å². The minimum atomic E-state index is -0.641. The molecule has 2 aromatic rings. The molecule has 0 radical (unpaired) electrons. The van der Waals surface area contributed by atoms with Crippen LogP contribution in [0.2, 0.25) is 0 Å². The molecule has 0 aliphatic carbocycles. The maximum Gasteiger partial charge on any atom is 0.221 e. The van der Waals surface area contributed by atoms with Crippen LogP contribution in [0.15, 0.2) is 24.4 Å². The number of hydrogen-bond acceptors (Lipinski definition) is 4. The second kappa shape index (κ2) is 5.95. The van der Waals surface area contributed by atoms with Gasteiger partial charge in [-0.1, -0.05) is 6.07 Å². The number of carbonyl (C=O) groups excluding carboxylic acids is 1. The Hall–Kier alpha value is -2.37. The van der Waals surface area contributed by atoms with Crippen molar-refractivity contribution in [2.45, 2.75) is 19.9 Å². The molecule has 6 heteroatoms. The molecule has 0 N–H and O–H groups in total. The second-order valence-corrected chi connectivity index (χ2v) is 4.75. The Balaban J connectivity index is 2.63. The van der Waals surface area contributed by atoms with Crippen molar-refractivity contribution in [3.8, 4) is 11.5 Å². The van der Waals surface area contributed by atoms with Crippen LogP contribution in [0.4, 0.5) is 4.39 Å². The lowest BCUT2D eigenvalue weighted by atomic mass is 10.1. The summed E-state index contributed by atoms with van der Waals surface area (Å²) in [6.45, 7) is 3.75. The Labute approximate surface area is 122 Å². The molecule has 0 atom stereocenters. The summed E-state index contributed by atoms with van der Waals surface area (Å²) in [7, 11) is 2.83. The van der Waals surface area contributed by atoms with Crippen molar-refractivity contribution >= 4 is 5.78 Å². The molecule has 112 valence electrons. The van der Waals surface area contributed by atoms with Crippen LogP contribution in [0.5, 0.6) is 11.5 Å². The Kier molecular flexibility index (Phi) is 4.26. The van der Waals surface area contributed by atoms with E-state index >= 15 is 0 Å². The van der Waals surface area contributed by atoms with E-state index in [1.165, 1.54) is 37.2 Å². The predicted octanol–water partition coefficient (Wildman–Crippen LogP) is 2.85. The maximum absolute atomic E-state index is 14.1. The van der Waals surface area contributed by atoms with Crippen LogP contribution < -0.4 is 9.47 Å². The zero-order chi connectivity index (χ0) is 15.6. The van der Waals surface area contributed by atoms with Crippen LogP contribution in [0, 0.1) is 5.82 Å². The van der Waals surface area contributed by atoms with Crippen LogP contribution in [-0.4, -0.2) is 29.8 Å². The lowest BCUT2D eigenvalue weighted by Gasteiger charge is -2.13. The monoisotopic (exact) mass is 292 g/mol. The van der Waals surface area contributed by atoms with E-state index in [1.54, 1.807) is 6.07 Å². The van der Waals surface area contributed by atoms with E-state index in [-0.39, 0.29) is 23.0 Å². The third-order valence-electron chi connectivity index (χ3n) is 3.11. The normalized spacial score (nSPS) is 10.8. The van der Waals surface area contributed by atoms with Gasteiger partial charge in [0, 0.05) is 6.04 Å². The Morgan fingerprint density at radius 1 is 1.24 bits per heavy atom. The fourth-order valence-corrected chi connectivity index (χ4v) is 2.12. The quantitative estimate of drug-likeness (QED) is 0.795. The number of methoxy groups -OCH3 is 2. The number of carbonyl (C=O) groups is 1. The minimum Gasteiger partial charge on any atom is -0.496 e. The van der Waals surface area contributed by atoms with Gasteiger partial charge in [-0.05, 0) is 26.0 Å². The van der Waals surface area contributed by atoms with E-state index in [0.717, 1.165) is 0 Å². The average molecular weight is 292 g/mol. The molecule has 0 spiro atoms. The van der Waals surface area contributed by atoms with Gasteiger partial charge in [-0.2, -0.15) is 5.10 Å². The van der Waals surface area contributed by atoms with Crippen molar-refractivity contribution in [3.05, 3.63) is 41.5 Å². The molecule has 1 aromatic carbocycles. The van der Waals surface area contributed by atoms with E-state index in [2.05, 4.69) is 5.10 Å². The summed E-state index contributed by atoms with van der Waals surface area (Å²) in [5, 5.41) is 4.13. The van der Waals surface area contributed by atoms with Gasteiger partial charge >= 0.3 is 0 Å². The zero-order valence-electron chi connectivity index (χ0n) is 12.4. The number of benzene rings is 1. The van der Waals surface area contributed by atoms with Crippen molar-refractivity contribution in [1.82, 2.24) is 9.78 Å². The summed E-state index contributed by atoms with van der Waals surface area (Å²) in [4.78, 5) is 12.8. The van der Waals surface area contributed by atoms with Gasteiger partial charge < -0.3 is 9.47 Å². The summed E-state index contributed by atoms with van der Waals surface area (Å²) in [6, 6.07) is 4.18. The first kappa shape index (κ1) is 15.0. The molecule has 0 unspecified atom stereocenters. The summed E-state index contributed by atoms with van der Waals surface area (Å²) in [6.07, 6.45) is 1.44. The van der Waals surface area contributed by atoms with E-state index in [1.807, 2.05) is 13.8 Å². The molecular formula is C15H17FN2O3. The average Bonchev–Trinajstić information content (AvgIpc) is 2.90. The molecule has 0 aliphatic heterocycles. The Bertz CT molecular complexity index is 665. The Morgan fingerprint density at radius 3 is 2.48 bits per heavy atom.